The van der Waals surface area contributed by atoms with Gasteiger partial charge in [-0.15, -0.1) is 0 Å². The number of ether oxygens (including phenoxy) is 3. The third-order valence-corrected chi connectivity index (χ3v) is 4.09. The largest absolute Gasteiger partial charge is 0.494 e. The molecule has 0 fully saturated rings. The molecule has 0 saturated carbocycles. The van der Waals surface area contributed by atoms with Gasteiger partial charge in [-0.25, -0.2) is 5.43 Å². The van der Waals surface area contributed by atoms with E-state index in [4.69, 9.17) is 14.2 Å². The van der Waals surface area contributed by atoms with Crippen LogP contribution in [-0.2, 0) is 16.0 Å². The second-order valence-electron chi connectivity index (χ2n) is 6.31. The molecule has 8 heteroatoms. The van der Waals surface area contributed by atoms with Crippen LogP contribution >= 0.6 is 0 Å². The molecule has 2 rings (SSSR count). The first-order valence-electron chi connectivity index (χ1n) is 9.62. The van der Waals surface area contributed by atoms with Crippen LogP contribution in [0.3, 0.4) is 0 Å². The fraction of sp³-hybridized carbons (Fsp3) is 0.318. The number of hydrogen-bond acceptors (Lipinski definition) is 6. The molecule has 160 valence electrons. The average molecular weight is 413 g/mol. The predicted molar refractivity (Wildman–Crippen MR) is 114 cm³/mol. The lowest BCUT2D eigenvalue weighted by Crippen LogP contribution is -2.38. The molecule has 2 aromatic carbocycles. The summed E-state index contributed by atoms with van der Waals surface area (Å²) in [6, 6.07) is 12.7. The van der Waals surface area contributed by atoms with Crippen LogP contribution in [0.25, 0.3) is 0 Å². The SMILES string of the molecule is CCCOc1ccc(/C=N/NC(=O)C(=O)NCCc2ccc(OC)c(OC)c2)cc1. The molecule has 0 unspecified atom stereocenters. The number of amides is 2. The summed E-state index contributed by atoms with van der Waals surface area (Å²) >= 11 is 0. The average Bonchev–Trinajstić information content (AvgIpc) is 2.78. The quantitative estimate of drug-likeness (QED) is 0.354. The Morgan fingerprint density at radius 1 is 1.00 bits per heavy atom. The molecule has 0 spiro atoms. The number of nitrogens with zero attached hydrogens (tertiary/aromatic N) is 1. The van der Waals surface area contributed by atoms with E-state index < -0.39 is 11.8 Å². The predicted octanol–water partition coefficient (Wildman–Crippen LogP) is 2.30. The van der Waals surface area contributed by atoms with Crippen LogP contribution in [0.1, 0.15) is 24.5 Å². The van der Waals surface area contributed by atoms with Crippen molar-refractivity contribution < 1.29 is 23.8 Å². The molecule has 0 aliphatic heterocycles. The first-order chi connectivity index (χ1) is 14.6. The maximum atomic E-state index is 11.9. The molecule has 8 nitrogen and oxygen atoms in total. The van der Waals surface area contributed by atoms with E-state index in [0.29, 0.717) is 31.1 Å². The molecule has 0 aliphatic rings. The monoisotopic (exact) mass is 413 g/mol. The molecular weight excluding hydrogens is 386 g/mol. The molecule has 0 saturated heterocycles. The van der Waals surface area contributed by atoms with Gasteiger partial charge in [-0.2, -0.15) is 5.10 Å². The minimum absolute atomic E-state index is 0.296. The Kier molecular flexibility index (Phi) is 9.18. The van der Waals surface area contributed by atoms with E-state index in [1.807, 2.05) is 43.3 Å². The smallest absolute Gasteiger partial charge is 0.329 e. The molecule has 0 bridgehead atoms. The highest BCUT2D eigenvalue weighted by atomic mass is 16.5. The van der Waals surface area contributed by atoms with Gasteiger partial charge in [0.05, 0.1) is 27.0 Å². The maximum absolute atomic E-state index is 11.9. The third kappa shape index (κ3) is 7.12. The van der Waals surface area contributed by atoms with E-state index in [1.165, 1.54) is 6.21 Å². The van der Waals surface area contributed by atoms with Crippen LogP contribution in [0.2, 0.25) is 0 Å². The van der Waals surface area contributed by atoms with Crippen molar-refractivity contribution in [1.82, 2.24) is 10.7 Å². The number of benzene rings is 2. The van der Waals surface area contributed by atoms with E-state index >= 15 is 0 Å². The Morgan fingerprint density at radius 3 is 2.40 bits per heavy atom. The third-order valence-electron chi connectivity index (χ3n) is 4.09. The Hall–Kier alpha value is -3.55. The van der Waals surface area contributed by atoms with Gasteiger partial charge >= 0.3 is 11.8 Å². The molecule has 2 aromatic rings. The van der Waals surface area contributed by atoms with Crippen molar-refractivity contribution in [3.63, 3.8) is 0 Å². The van der Waals surface area contributed by atoms with Crippen molar-refractivity contribution in [3.05, 3.63) is 53.6 Å². The van der Waals surface area contributed by atoms with Crippen LogP contribution in [0.4, 0.5) is 0 Å². The summed E-state index contributed by atoms with van der Waals surface area (Å²) in [5, 5.41) is 6.37. The highest BCUT2D eigenvalue weighted by Crippen LogP contribution is 2.27. The fourth-order valence-corrected chi connectivity index (χ4v) is 2.52. The van der Waals surface area contributed by atoms with E-state index in [9.17, 15) is 9.59 Å². The standard InChI is InChI=1S/C22H27N3O5/c1-4-13-30-18-8-5-17(6-9-18)15-24-25-22(27)21(26)23-12-11-16-7-10-19(28-2)20(14-16)29-3/h5-10,14-15H,4,11-13H2,1-3H3,(H,23,26)(H,25,27)/b24-15+. The lowest BCUT2D eigenvalue weighted by Gasteiger charge is -2.10. The van der Waals surface area contributed by atoms with Gasteiger partial charge in [0.1, 0.15) is 5.75 Å². The summed E-state index contributed by atoms with van der Waals surface area (Å²) in [6.45, 7) is 2.99. The molecule has 0 aliphatic carbocycles. The minimum atomic E-state index is -0.832. The number of methoxy groups -OCH3 is 2. The Bertz CT molecular complexity index is 866. The number of carbonyl (C=O) groups excluding carboxylic acids is 2. The summed E-state index contributed by atoms with van der Waals surface area (Å²) in [6.07, 6.45) is 2.93. The molecule has 0 heterocycles. The van der Waals surface area contributed by atoms with E-state index in [0.717, 1.165) is 23.3 Å². The highest BCUT2D eigenvalue weighted by Gasteiger charge is 2.12. The van der Waals surface area contributed by atoms with E-state index in [2.05, 4.69) is 15.8 Å². The molecular formula is C22H27N3O5. The number of carbonyl (C=O) groups is 2. The van der Waals surface area contributed by atoms with Crippen molar-refractivity contribution in [1.29, 1.82) is 0 Å². The zero-order valence-electron chi connectivity index (χ0n) is 17.4. The first-order valence-corrected chi connectivity index (χ1v) is 9.62. The van der Waals surface area contributed by atoms with Gasteiger partial charge < -0.3 is 19.5 Å². The van der Waals surface area contributed by atoms with Crippen molar-refractivity contribution in [2.75, 3.05) is 27.4 Å². The fourth-order valence-electron chi connectivity index (χ4n) is 2.52. The van der Waals surface area contributed by atoms with Gasteiger partial charge in [0, 0.05) is 6.54 Å². The van der Waals surface area contributed by atoms with E-state index in [1.54, 1.807) is 20.3 Å². The lowest BCUT2D eigenvalue weighted by molar-refractivity contribution is -0.139. The first kappa shape index (κ1) is 22.7. The number of hydrazone groups is 1. The molecule has 0 aromatic heterocycles. The van der Waals surface area contributed by atoms with Gasteiger partial charge in [-0.05, 0) is 60.4 Å². The topological polar surface area (TPSA) is 98.2 Å². The van der Waals surface area contributed by atoms with Crippen molar-refractivity contribution in [3.8, 4) is 17.2 Å². The van der Waals surface area contributed by atoms with Crippen molar-refractivity contribution in [2.24, 2.45) is 5.10 Å². The van der Waals surface area contributed by atoms with Crippen LogP contribution in [-0.4, -0.2) is 45.4 Å². The number of hydrogen-bond donors (Lipinski definition) is 2. The van der Waals surface area contributed by atoms with Crippen LogP contribution in [0, 0.1) is 0 Å². The Balaban J connectivity index is 1.75. The second kappa shape index (κ2) is 12.1. The van der Waals surface area contributed by atoms with Gasteiger partial charge in [-0.1, -0.05) is 13.0 Å². The molecule has 0 radical (unpaired) electrons. The summed E-state index contributed by atoms with van der Waals surface area (Å²) in [4.78, 5) is 23.7. The second-order valence-corrected chi connectivity index (χ2v) is 6.31. The maximum Gasteiger partial charge on any atom is 0.329 e. The highest BCUT2D eigenvalue weighted by molar-refractivity contribution is 6.35. The van der Waals surface area contributed by atoms with Gasteiger partial charge in [0.2, 0.25) is 0 Å². The molecule has 0 atom stereocenters. The van der Waals surface area contributed by atoms with Crippen LogP contribution in [0.5, 0.6) is 17.2 Å². The van der Waals surface area contributed by atoms with Gasteiger partial charge in [-0.3, -0.25) is 9.59 Å². The molecule has 2 amide bonds. The zero-order valence-corrected chi connectivity index (χ0v) is 17.4. The summed E-state index contributed by atoms with van der Waals surface area (Å²) < 4.78 is 15.9. The van der Waals surface area contributed by atoms with Crippen LogP contribution in [0.15, 0.2) is 47.6 Å². The van der Waals surface area contributed by atoms with Crippen molar-refractivity contribution >= 4 is 18.0 Å². The zero-order chi connectivity index (χ0) is 21.8. The Morgan fingerprint density at radius 2 is 1.73 bits per heavy atom. The summed E-state index contributed by atoms with van der Waals surface area (Å²) in [7, 11) is 3.12. The summed E-state index contributed by atoms with van der Waals surface area (Å²) in [5.74, 6) is 0.424. The van der Waals surface area contributed by atoms with Crippen molar-refractivity contribution in [2.45, 2.75) is 19.8 Å². The van der Waals surface area contributed by atoms with Crippen LogP contribution < -0.4 is 25.0 Å². The van der Waals surface area contributed by atoms with Gasteiger partial charge in [0.15, 0.2) is 11.5 Å². The molecule has 30 heavy (non-hydrogen) atoms. The Labute approximate surface area is 176 Å². The lowest BCUT2D eigenvalue weighted by atomic mass is 10.1. The number of rotatable bonds is 10. The summed E-state index contributed by atoms with van der Waals surface area (Å²) in [5.41, 5.74) is 3.93. The normalized spacial score (nSPS) is 10.5. The number of nitrogens with one attached hydrogen (secondary N) is 2. The van der Waals surface area contributed by atoms with E-state index in [-0.39, 0.29) is 0 Å². The molecule has 2 N–H and O–H groups in total. The minimum Gasteiger partial charge on any atom is -0.494 e. The van der Waals surface area contributed by atoms with Gasteiger partial charge in [0.25, 0.3) is 0 Å².